The molecule has 2 aromatic carbocycles. The van der Waals surface area contributed by atoms with Crippen LogP contribution in [0.25, 0.3) is 22.0 Å². The van der Waals surface area contributed by atoms with Crippen molar-refractivity contribution in [2.75, 3.05) is 6.61 Å². The summed E-state index contributed by atoms with van der Waals surface area (Å²) in [6, 6.07) is 16.9. The Morgan fingerprint density at radius 3 is 2.58 bits per heavy atom. The van der Waals surface area contributed by atoms with Crippen LogP contribution in [-0.4, -0.2) is 17.6 Å². The van der Waals surface area contributed by atoms with E-state index < -0.39 is 11.4 Å². The van der Waals surface area contributed by atoms with Crippen LogP contribution in [0.3, 0.4) is 0 Å². The van der Waals surface area contributed by atoms with Crippen molar-refractivity contribution in [1.29, 1.82) is 5.26 Å². The van der Waals surface area contributed by atoms with Gasteiger partial charge in [-0.2, -0.15) is 5.26 Å². The summed E-state index contributed by atoms with van der Waals surface area (Å²) in [5.41, 5.74) is 0.888. The smallest absolute Gasteiger partial charge is 0.330 e. The maximum absolute atomic E-state index is 12.5. The number of hydrogen-bond acceptors (Lipinski definition) is 4. The SMILES string of the molecule is CCOC(=O)C(C)(C#N)c1cccc2c(-c3ccc(Cl)cc3)nccc12. The summed E-state index contributed by atoms with van der Waals surface area (Å²) in [4.78, 5) is 17.0. The molecular formula is C21H17ClN2O2. The fourth-order valence-electron chi connectivity index (χ4n) is 2.97. The second kappa shape index (κ2) is 7.15. The number of hydrogen-bond donors (Lipinski definition) is 0. The van der Waals surface area contributed by atoms with Crippen LogP contribution >= 0.6 is 11.6 Å². The third kappa shape index (κ3) is 3.02. The minimum absolute atomic E-state index is 0.221. The molecule has 3 rings (SSSR count). The van der Waals surface area contributed by atoms with Gasteiger partial charge in [-0.25, -0.2) is 4.79 Å². The van der Waals surface area contributed by atoms with Crippen LogP contribution in [0.2, 0.25) is 5.02 Å². The van der Waals surface area contributed by atoms with Crippen molar-refractivity contribution in [3.8, 4) is 17.3 Å². The molecule has 130 valence electrons. The predicted molar refractivity (Wildman–Crippen MR) is 102 cm³/mol. The van der Waals surface area contributed by atoms with Crippen LogP contribution in [0.15, 0.2) is 54.7 Å². The molecule has 1 atom stereocenters. The first-order valence-corrected chi connectivity index (χ1v) is 8.61. The van der Waals surface area contributed by atoms with E-state index in [2.05, 4.69) is 11.1 Å². The Labute approximate surface area is 157 Å². The molecule has 1 aromatic heterocycles. The van der Waals surface area contributed by atoms with Gasteiger partial charge in [0.1, 0.15) is 0 Å². The normalized spacial score (nSPS) is 13.0. The molecule has 0 N–H and O–H groups in total. The predicted octanol–water partition coefficient (Wildman–Crippen LogP) is 4.90. The number of fused-ring (bicyclic) bond motifs is 1. The van der Waals surface area contributed by atoms with Gasteiger partial charge < -0.3 is 4.74 Å². The quantitative estimate of drug-likeness (QED) is 0.618. The molecule has 1 unspecified atom stereocenters. The minimum atomic E-state index is -1.39. The Bertz CT molecular complexity index is 1010. The van der Waals surface area contributed by atoms with Gasteiger partial charge in [-0.3, -0.25) is 4.98 Å². The standard InChI is InChI=1S/C21H17ClN2O2/c1-3-26-20(25)21(2,13-23)18-6-4-5-17-16(18)11-12-24-19(17)14-7-9-15(22)10-8-14/h4-12H,3H2,1-2H3. The number of carbonyl (C=O) groups is 1. The van der Waals surface area contributed by atoms with E-state index >= 15 is 0 Å². The number of nitrogens with zero attached hydrogens (tertiary/aromatic N) is 2. The lowest BCUT2D eigenvalue weighted by Crippen LogP contribution is -2.33. The van der Waals surface area contributed by atoms with Gasteiger partial charge in [-0.1, -0.05) is 41.9 Å². The maximum atomic E-state index is 12.5. The van der Waals surface area contributed by atoms with E-state index in [4.69, 9.17) is 16.3 Å². The van der Waals surface area contributed by atoms with E-state index in [1.54, 1.807) is 38.2 Å². The third-order valence-corrected chi connectivity index (χ3v) is 4.62. The highest BCUT2D eigenvalue weighted by Gasteiger charge is 2.38. The van der Waals surface area contributed by atoms with Crippen LogP contribution in [0.4, 0.5) is 0 Å². The highest BCUT2D eigenvalue weighted by atomic mass is 35.5. The van der Waals surface area contributed by atoms with Crippen LogP contribution in [0.5, 0.6) is 0 Å². The molecule has 0 aliphatic heterocycles. The molecule has 5 heteroatoms. The highest BCUT2D eigenvalue weighted by Crippen LogP contribution is 2.35. The van der Waals surface area contributed by atoms with E-state index in [9.17, 15) is 10.1 Å². The lowest BCUT2D eigenvalue weighted by atomic mass is 9.81. The van der Waals surface area contributed by atoms with Crippen molar-refractivity contribution in [2.24, 2.45) is 0 Å². The molecule has 0 fully saturated rings. The first-order chi connectivity index (χ1) is 12.5. The molecule has 0 saturated carbocycles. The number of benzene rings is 2. The summed E-state index contributed by atoms with van der Waals surface area (Å²) < 4.78 is 5.14. The number of aromatic nitrogens is 1. The van der Waals surface area contributed by atoms with Crippen LogP contribution < -0.4 is 0 Å². The Hall–Kier alpha value is -2.90. The molecule has 0 aliphatic rings. The van der Waals surface area contributed by atoms with E-state index in [-0.39, 0.29) is 6.61 Å². The van der Waals surface area contributed by atoms with Gasteiger partial charge in [0, 0.05) is 22.2 Å². The van der Waals surface area contributed by atoms with Gasteiger partial charge in [0.2, 0.25) is 0 Å². The van der Waals surface area contributed by atoms with Gasteiger partial charge in [-0.05, 0) is 43.0 Å². The average Bonchev–Trinajstić information content (AvgIpc) is 2.67. The molecule has 4 nitrogen and oxygen atoms in total. The first-order valence-electron chi connectivity index (χ1n) is 8.24. The Balaban J connectivity index is 2.24. The molecule has 0 saturated heterocycles. The van der Waals surface area contributed by atoms with Crippen molar-refractivity contribution in [2.45, 2.75) is 19.3 Å². The summed E-state index contributed by atoms with van der Waals surface area (Å²) in [6.07, 6.45) is 1.68. The topological polar surface area (TPSA) is 63.0 Å². The molecule has 0 amide bonds. The zero-order chi connectivity index (χ0) is 18.7. The molecule has 0 bridgehead atoms. The zero-order valence-corrected chi connectivity index (χ0v) is 15.2. The lowest BCUT2D eigenvalue weighted by molar-refractivity contribution is -0.147. The summed E-state index contributed by atoms with van der Waals surface area (Å²) in [5, 5.41) is 12.0. The van der Waals surface area contributed by atoms with Crippen LogP contribution in [-0.2, 0) is 14.9 Å². The second-order valence-electron chi connectivity index (χ2n) is 6.02. The Morgan fingerprint density at radius 1 is 1.19 bits per heavy atom. The molecule has 0 spiro atoms. The van der Waals surface area contributed by atoms with E-state index in [0.29, 0.717) is 10.6 Å². The molecule has 26 heavy (non-hydrogen) atoms. The number of pyridine rings is 1. The molecule has 0 aliphatic carbocycles. The van der Waals surface area contributed by atoms with Crippen molar-refractivity contribution < 1.29 is 9.53 Å². The average molecular weight is 365 g/mol. The van der Waals surface area contributed by atoms with Gasteiger partial charge >= 0.3 is 5.97 Å². The van der Waals surface area contributed by atoms with Crippen molar-refractivity contribution in [3.05, 3.63) is 65.3 Å². The van der Waals surface area contributed by atoms with Crippen molar-refractivity contribution >= 4 is 28.3 Å². The zero-order valence-electron chi connectivity index (χ0n) is 14.5. The summed E-state index contributed by atoms with van der Waals surface area (Å²) in [7, 11) is 0. The van der Waals surface area contributed by atoms with Gasteiger partial charge in [0.15, 0.2) is 5.41 Å². The number of ether oxygens (including phenoxy) is 1. The molecule has 1 heterocycles. The van der Waals surface area contributed by atoms with E-state index in [1.807, 2.05) is 30.3 Å². The Morgan fingerprint density at radius 2 is 1.92 bits per heavy atom. The largest absolute Gasteiger partial charge is 0.465 e. The summed E-state index contributed by atoms with van der Waals surface area (Å²) >= 11 is 5.98. The number of carbonyl (C=O) groups excluding carboxylic acids is 1. The molecule has 3 aromatic rings. The monoisotopic (exact) mass is 364 g/mol. The lowest BCUT2D eigenvalue weighted by Gasteiger charge is -2.22. The van der Waals surface area contributed by atoms with Crippen LogP contribution in [0.1, 0.15) is 19.4 Å². The molecular weight excluding hydrogens is 348 g/mol. The van der Waals surface area contributed by atoms with E-state index in [1.165, 1.54) is 0 Å². The van der Waals surface area contributed by atoms with Crippen molar-refractivity contribution in [1.82, 2.24) is 4.98 Å². The molecule has 0 radical (unpaired) electrons. The van der Waals surface area contributed by atoms with Gasteiger partial charge in [0.05, 0.1) is 18.4 Å². The first kappa shape index (κ1) is 17.9. The third-order valence-electron chi connectivity index (χ3n) is 4.37. The van der Waals surface area contributed by atoms with Gasteiger partial charge in [0.25, 0.3) is 0 Å². The fourth-order valence-corrected chi connectivity index (χ4v) is 3.10. The fraction of sp³-hybridized carbons (Fsp3) is 0.190. The number of halogens is 1. The minimum Gasteiger partial charge on any atom is -0.465 e. The second-order valence-corrected chi connectivity index (χ2v) is 6.46. The van der Waals surface area contributed by atoms with Crippen LogP contribution in [0, 0.1) is 11.3 Å². The highest BCUT2D eigenvalue weighted by molar-refractivity contribution is 6.30. The number of rotatable bonds is 4. The number of esters is 1. The Kier molecular flexibility index (Phi) is 4.92. The summed E-state index contributed by atoms with van der Waals surface area (Å²) in [6.45, 7) is 3.53. The maximum Gasteiger partial charge on any atom is 0.330 e. The van der Waals surface area contributed by atoms with Crippen molar-refractivity contribution in [3.63, 3.8) is 0 Å². The van der Waals surface area contributed by atoms with Gasteiger partial charge in [-0.15, -0.1) is 0 Å². The van der Waals surface area contributed by atoms with E-state index in [0.717, 1.165) is 22.0 Å². The summed E-state index contributed by atoms with van der Waals surface area (Å²) in [5.74, 6) is -0.556. The number of nitriles is 1.